The molecule has 2 heteroatoms. The van der Waals surface area contributed by atoms with Gasteiger partial charge in [-0.25, -0.2) is 0 Å². The van der Waals surface area contributed by atoms with Gasteiger partial charge in [-0.3, -0.25) is 0 Å². The van der Waals surface area contributed by atoms with Gasteiger partial charge in [-0.15, -0.1) is 0 Å². The smallest absolute Gasteiger partial charge is 0.0860 e. The molecule has 2 nitrogen and oxygen atoms in total. The Morgan fingerprint density at radius 3 is 2.29 bits per heavy atom. The third kappa shape index (κ3) is 3.29. The van der Waals surface area contributed by atoms with Gasteiger partial charge >= 0.3 is 0 Å². The minimum atomic E-state index is -0.732. The summed E-state index contributed by atoms with van der Waals surface area (Å²) < 4.78 is 0. The van der Waals surface area contributed by atoms with Gasteiger partial charge in [0.25, 0.3) is 0 Å². The third-order valence-electron chi connectivity index (χ3n) is 6.68. The van der Waals surface area contributed by atoms with Crippen LogP contribution < -0.4 is 0 Å². The van der Waals surface area contributed by atoms with E-state index in [1.54, 1.807) is 0 Å². The molecule has 0 saturated heterocycles. The molecule has 0 aromatic rings. The van der Waals surface area contributed by atoms with Crippen LogP contribution in [-0.2, 0) is 0 Å². The molecule has 0 aromatic heterocycles. The number of aliphatic hydroxyl groups is 1. The molecule has 1 N–H and O–H groups in total. The Morgan fingerprint density at radius 2 is 1.76 bits per heavy atom. The molecule has 0 spiro atoms. The average Bonchev–Trinajstić information content (AvgIpc) is 2.70. The van der Waals surface area contributed by atoms with Crippen molar-refractivity contribution < 1.29 is 5.11 Å². The van der Waals surface area contributed by atoms with Crippen molar-refractivity contribution in [3.8, 4) is 6.07 Å². The van der Waals surface area contributed by atoms with E-state index in [1.165, 1.54) is 12.8 Å². The normalized spacial score (nSPS) is 41.5. The highest BCUT2D eigenvalue weighted by Crippen LogP contribution is 2.52. The van der Waals surface area contributed by atoms with Crippen molar-refractivity contribution in [1.82, 2.24) is 0 Å². The zero-order chi connectivity index (χ0) is 15.5. The van der Waals surface area contributed by atoms with Crippen LogP contribution >= 0.6 is 0 Å². The summed E-state index contributed by atoms with van der Waals surface area (Å²) in [7, 11) is 0. The van der Waals surface area contributed by atoms with Crippen LogP contribution in [0, 0.1) is 34.5 Å². The maximum Gasteiger partial charge on any atom is 0.0860 e. The van der Waals surface area contributed by atoms with E-state index in [1.807, 2.05) is 0 Å². The maximum absolute atomic E-state index is 11.4. The molecule has 2 unspecified atom stereocenters. The fraction of sp³-hybridized carbons (Fsp3) is 0.947. The molecule has 0 heterocycles. The lowest BCUT2D eigenvalue weighted by molar-refractivity contribution is -0.0894. The van der Waals surface area contributed by atoms with E-state index in [4.69, 9.17) is 0 Å². The minimum absolute atomic E-state index is 0.468. The van der Waals surface area contributed by atoms with E-state index >= 15 is 0 Å². The highest BCUT2D eigenvalue weighted by atomic mass is 16.3. The Hall–Kier alpha value is -0.550. The topological polar surface area (TPSA) is 44.0 Å². The van der Waals surface area contributed by atoms with Crippen molar-refractivity contribution in [2.75, 3.05) is 0 Å². The fourth-order valence-electron chi connectivity index (χ4n) is 4.76. The number of hydrogen-bond acceptors (Lipinski definition) is 2. The van der Waals surface area contributed by atoms with Gasteiger partial charge in [0, 0.05) is 0 Å². The van der Waals surface area contributed by atoms with Crippen LogP contribution in [-0.4, -0.2) is 10.7 Å². The first-order valence-electron chi connectivity index (χ1n) is 9.10. The molecule has 0 radical (unpaired) electrons. The van der Waals surface area contributed by atoms with Crippen molar-refractivity contribution in [1.29, 1.82) is 5.26 Å². The predicted octanol–water partition coefficient (Wildman–Crippen LogP) is 5.06. The molecule has 2 atom stereocenters. The standard InChI is InChI=1S/C19H33NO/c1-4-16-7-11-18(14-20,12-8-16)19(21)10-5-6-17(9-13-19)15(2)3/h15-17,21H,4-13H2,1-3H3. The van der Waals surface area contributed by atoms with Crippen molar-refractivity contribution >= 4 is 0 Å². The summed E-state index contributed by atoms with van der Waals surface area (Å²) in [5.74, 6) is 2.19. The van der Waals surface area contributed by atoms with Gasteiger partial charge in [0.15, 0.2) is 0 Å². The first-order chi connectivity index (χ1) is 9.96. The Bertz CT molecular complexity index is 376. The molecule has 21 heavy (non-hydrogen) atoms. The van der Waals surface area contributed by atoms with Gasteiger partial charge < -0.3 is 5.11 Å². The van der Waals surface area contributed by atoms with Crippen LogP contribution in [0.1, 0.15) is 85.0 Å². The van der Waals surface area contributed by atoms with Crippen LogP contribution in [0.2, 0.25) is 0 Å². The summed E-state index contributed by atoms with van der Waals surface area (Å²) in [4.78, 5) is 0. The molecule has 2 aliphatic carbocycles. The van der Waals surface area contributed by atoms with E-state index < -0.39 is 11.0 Å². The van der Waals surface area contributed by atoms with E-state index in [9.17, 15) is 10.4 Å². The zero-order valence-electron chi connectivity index (χ0n) is 14.2. The second-order valence-corrected chi connectivity index (χ2v) is 8.01. The van der Waals surface area contributed by atoms with Gasteiger partial charge in [-0.2, -0.15) is 5.26 Å². The van der Waals surface area contributed by atoms with E-state index in [2.05, 4.69) is 26.8 Å². The molecular weight excluding hydrogens is 258 g/mol. The van der Waals surface area contributed by atoms with Crippen LogP contribution in [0.25, 0.3) is 0 Å². The first kappa shape index (κ1) is 16.8. The fourth-order valence-corrected chi connectivity index (χ4v) is 4.76. The van der Waals surface area contributed by atoms with E-state index in [0.29, 0.717) is 5.92 Å². The summed E-state index contributed by atoms with van der Waals surface area (Å²) in [6, 6.07) is 2.59. The largest absolute Gasteiger partial charge is 0.388 e. The van der Waals surface area contributed by atoms with Crippen molar-refractivity contribution in [2.24, 2.45) is 23.2 Å². The molecule has 2 aliphatic rings. The van der Waals surface area contributed by atoms with Crippen molar-refractivity contribution in [2.45, 2.75) is 90.6 Å². The second kappa shape index (κ2) is 6.69. The van der Waals surface area contributed by atoms with Crippen LogP contribution in [0.15, 0.2) is 0 Å². The van der Waals surface area contributed by atoms with Gasteiger partial charge in [0.05, 0.1) is 17.1 Å². The molecule has 0 amide bonds. The molecule has 2 fully saturated rings. The lowest BCUT2D eigenvalue weighted by atomic mass is 9.59. The summed E-state index contributed by atoms with van der Waals surface area (Å²) in [6.07, 6.45) is 10.3. The van der Waals surface area contributed by atoms with Crippen LogP contribution in [0.4, 0.5) is 0 Å². The predicted molar refractivity (Wildman–Crippen MR) is 86.7 cm³/mol. The molecule has 0 bridgehead atoms. The van der Waals surface area contributed by atoms with Gasteiger partial charge in [-0.1, -0.05) is 40.0 Å². The lowest BCUT2D eigenvalue weighted by Gasteiger charge is -2.46. The Balaban J connectivity index is 2.12. The summed E-state index contributed by atoms with van der Waals surface area (Å²) in [6.45, 7) is 6.83. The SMILES string of the molecule is CCC1CCC(C#N)(C2(O)CCCC(C(C)C)CC2)CC1. The second-order valence-electron chi connectivity index (χ2n) is 8.01. The number of nitriles is 1. The van der Waals surface area contributed by atoms with Crippen molar-refractivity contribution in [3.63, 3.8) is 0 Å². The maximum atomic E-state index is 11.4. The monoisotopic (exact) mass is 291 g/mol. The number of rotatable bonds is 3. The molecule has 120 valence electrons. The molecule has 0 aliphatic heterocycles. The summed E-state index contributed by atoms with van der Waals surface area (Å²) >= 11 is 0. The highest BCUT2D eigenvalue weighted by molar-refractivity contribution is 5.13. The quantitative estimate of drug-likeness (QED) is 0.738. The van der Waals surface area contributed by atoms with Gasteiger partial charge in [0.2, 0.25) is 0 Å². The minimum Gasteiger partial charge on any atom is -0.388 e. The third-order valence-corrected chi connectivity index (χ3v) is 6.68. The molecule has 0 aromatic carbocycles. The molecular formula is C19H33NO. The lowest BCUT2D eigenvalue weighted by Crippen LogP contribution is -2.49. The Kier molecular flexibility index (Phi) is 5.36. The Labute approximate surface area is 130 Å². The van der Waals surface area contributed by atoms with Crippen LogP contribution in [0.5, 0.6) is 0 Å². The highest BCUT2D eigenvalue weighted by Gasteiger charge is 2.52. The molecule has 2 saturated carbocycles. The average molecular weight is 291 g/mol. The van der Waals surface area contributed by atoms with Gasteiger partial charge in [-0.05, 0) is 62.7 Å². The first-order valence-corrected chi connectivity index (χ1v) is 9.10. The molecule has 2 rings (SSSR count). The summed E-state index contributed by atoms with van der Waals surface area (Å²) in [5.41, 5.74) is -1.20. The van der Waals surface area contributed by atoms with Crippen LogP contribution in [0.3, 0.4) is 0 Å². The number of nitrogens with zero attached hydrogens (tertiary/aromatic N) is 1. The van der Waals surface area contributed by atoms with Crippen molar-refractivity contribution in [3.05, 3.63) is 0 Å². The van der Waals surface area contributed by atoms with E-state index in [-0.39, 0.29) is 0 Å². The summed E-state index contributed by atoms with van der Waals surface area (Å²) in [5, 5.41) is 21.2. The number of hydrogen-bond donors (Lipinski definition) is 1. The Morgan fingerprint density at radius 1 is 1.10 bits per heavy atom. The van der Waals surface area contributed by atoms with Gasteiger partial charge in [0.1, 0.15) is 0 Å². The van der Waals surface area contributed by atoms with E-state index in [0.717, 1.165) is 63.2 Å². The zero-order valence-corrected chi connectivity index (χ0v) is 14.2.